The smallest absolute Gasteiger partial charge is 0.122 e. The zero-order chi connectivity index (χ0) is 13.7. The lowest BCUT2D eigenvalue weighted by Gasteiger charge is -2.23. The van der Waals surface area contributed by atoms with Gasteiger partial charge in [0.15, 0.2) is 0 Å². The highest BCUT2D eigenvalue weighted by Crippen LogP contribution is 2.27. The van der Waals surface area contributed by atoms with Crippen molar-refractivity contribution in [3.05, 3.63) is 23.8 Å². The number of aliphatic hydroxyl groups is 1. The number of hydrogen-bond acceptors (Lipinski definition) is 4. The van der Waals surface area contributed by atoms with Gasteiger partial charge in [0, 0.05) is 18.2 Å². The Bertz CT molecular complexity index is 357. The van der Waals surface area contributed by atoms with Gasteiger partial charge in [0.25, 0.3) is 0 Å². The van der Waals surface area contributed by atoms with Crippen LogP contribution in [0.2, 0.25) is 0 Å². The number of ether oxygens (including phenoxy) is 2. The molecule has 0 spiro atoms. The number of nitrogens with one attached hydrogen (secondary N) is 1. The first-order chi connectivity index (χ1) is 8.47. The molecule has 0 saturated heterocycles. The number of aliphatic hydroxyl groups excluding tert-OH is 1. The lowest BCUT2D eigenvalue weighted by atomic mass is 10.0. The molecule has 0 aromatic heterocycles. The maximum Gasteiger partial charge on any atom is 0.122 e. The largest absolute Gasteiger partial charge is 0.497 e. The summed E-state index contributed by atoms with van der Waals surface area (Å²) in [6.45, 7) is 6.06. The third kappa shape index (κ3) is 3.89. The molecule has 0 bridgehead atoms. The molecule has 0 aliphatic rings. The molecule has 0 amide bonds. The van der Waals surface area contributed by atoms with E-state index < -0.39 is 6.10 Å². The van der Waals surface area contributed by atoms with Gasteiger partial charge in [-0.3, -0.25) is 0 Å². The van der Waals surface area contributed by atoms with Crippen LogP contribution >= 0.6 is 0 Å². The number of benzene rings is 1. The highest BCUT2D eigenvalue weighted by molar-refractivity contribution is 5.39. The predicted molar refractivity (Wildman–Crippen MR) is 72.2 cm³/mol. The zero-order valence-electron chi connectivity index (χ0n) is 11.7. The van der Waals surface area contributed by atoms with Crippen LogP contribution in [0.15, 0.2) is 18.2 Å². The van der Waals surface area contributed by atoms with E-state index in [1.165, 1.54) is 0 Å². The summed E-state index contributed by atoms with van der Waals surface area (Å²) >= 11 is 0. The molecule has 1 aromatic carbocycles. The number of rotatable bonds is 6. The van der Waals surface area contributed by atoms with Crippen molar-refractivity contribution in [1.82, 2.24) is 5.32 Å². The Morgan fingerprint density at radius 3 is 1.89 bits per heavy atom. The van der Waals surface area contributed by atoms with Crippen LogP contribution in [-0.2, 0) is 0 Å². The van der Waals surface area contributed by atoms with E-state index in [9.17, 15) is 5.11 Å². The van der Waals surface area contributed by atoms with Gasteiger partial charge < -0.3 is 19.9 Å². The summed E-state index contributed by atoms with van der Waals surface area (Å²) in [6, 6.07) is 5.72. The first-order valence-corrected chi connectivity index (χ1v) is 6.15. The molecular formula is C14H23NO3. The van der Waals surface area contributed by atoms with Crippen molar-refractivity contribution >= 4 is 0 Å². The van der Waals surface area contributed by atoms with Crippen molar-refractivity contribution in [2.45, 2.75) is 39.0 Å². The first kappa shape index (κ1) is 14.8. The second-order valence-electron chi connectivity index (χ2n) is 4.70. The summed E-state index contributed by atoms with van der Waals surface area (Å²) in [7, 11) is 3.20. The van der Waals surface area contributed by atoms with Gasteiger partial charge in [-0.05, 0) is 24.6 Å². The summed E-state index contributed by atoms with van der Waals surface area (Å²) in [5.74, 6) is 1.36. The van der Waals surface area contributed by atoms with E-state index in [1.54, 1.807) is 20.3 Å². The molecule has 0 radical (unpaired) electrons. The molecule has 2 atom stereocenters. The maximum atomic E-state index is 10.3. The Morgan fingerprint density at radius 2 is 1.50 bits per heavy atom. The third-order valence-corrected chi connectivity index (χ3v) is 2.79. The lowest BCUT2D eigenvalue weighted by molar-refractivity contribution is 0.131. The molecule has 1 aromatic rings. The summed E-state index contributed by atoms with van der Waals surface area (Å²) in [6.07, 6.45) is -0.601. The molecule has 1 rings (SSSR count). The fourth-order valence-electron chi connectivity index (χ4n) is 1.91. The molecule has 0 heterocycles. The van der Waals surface area contributed by atoms with Gasteiger partial charge in [-0.25, -0.2) is 0 Å². The molecule has 2 N–H and O–H groups in total. The standard InChI is InChI=1S/C14H23NO3/c1-9(2)15-10(3)14(16)11-6-12(17-4)8-13(7-11)18-5/h6-10,14-16H,1-5H3/t10-,14+/m1/s1. The molecule has 102 valence electrons. The fraction of sp³-hybridized carbons (Fsp3) is 0.571. The molecule has 4 nitrogen and oxygen atoms in total. The second-order valence-corrected chi connectivity index (χ2v) is 4.70. The number of methoxy groups -OCH3 is 2. The lowest BCUT2D eigenvalue weighted by Crippen LogP contribution is -2.36. The Morgan fingerprint density at radius 1 is 1.00 bits per heavy atom. The van der Waals surface area contributed by atoms with Crippen LogP contribution in [0.5, 0.6) is 11.5 Å². The first-order valence-electron chi connectivity index (χ1n) is 6.15. The summed E-state index contributed by atoms with van der Waals surface area (Å²) in [4.78, 5) is 0. The van der Waals surface area contributed by atoms with Crippen LogP contribution in [0.3, 0.4) is 0 Å². The average Bonchev–Trinajstić information content (AvgIpc) is 2.36. The highest BCUT2D eigenvalue weighted by atomic mass is 16.5. The van der Waals surface area contributed by atoms with E-state index in [0.717, 1.165) is 5.56 Å². The molecule has 0 unspecified atom stereocenters. The molecule has 0 fully saturated rings. The predicted octanol–water partition coefficient (Wildman–Crippen LogP) is 2.12. The van der Waals surface area contributed by atoms with Gasteiger partial charge in [-0.15, -0.1) is 0 Å². The SMILES string of the molecule is COc1cc(OC)cc([C@@H](O)[C@@H](C)NC(C)C)c1. The summed E-state index contributed by atoms with van der Waals surface area (Å²) in [5, 5.41) is 13.6. The summed E-state index contributed by atoms with van der Waals surface area (Å²) in [5.41, 5.74) is 0.784. The van der Waals surface area contributed by atoms with Crippen LogP contribution in [0, 0.1) is 0 Å². The molecule has 0 saturated carbocycles. The maximum absolute atomic E-state index is 10.3. The van der Waals surface area contributed by atoms with E-state index in [4.69, 9.17) is 9.47 Å². The van der Waals surface area contributed by atoms with Crippen molar-refractivity contribution in [1.29, 1.82) is 0 Å². The van der Waals surface area contributed by atoms with Gasteiger partial charge in [-0.2, -0.15) is 0 Å². The summed E-state index contributed by atoms with van der Waals surface area (Å²) < 4.78 is 10.4. The van der Waals surface area contributed by atoms with Crippen LogP contribution < -0.4 is 14.8 Å². The molecule has 4 heteroatoms. The zero-order valence-corrected chi connectivity index (χ0v) is 11.7. The van der Waals surface area contributed by atoms with Crippen LogP contribution in [-0.4, -0.2) is 31.4 Å². The van der Waals surface area contributed by atoms with Crippen LogP contribution in [0.1, 0.15) is 32.4 Å². The molecular weight excluding hydrogens is 230 g/mol. The Kier molecular flexibility index (Phi) is 5.44. The quantitative estimate of drug-likeness (QED) is 0.815. The van der Waals surface area contributed by atoms with E-state index in [-0.39, 0.29) is 6.04 Å². The van der Waals surface area contributed by atoms with Crippen molar-refractivity contribution in [3.63, 3.8) is 0 Å². The van der Waals surface area contributed by atoms with Crippen molar-refractivity contribution in [2.24, 2.45) is 0 Å². The topological polar surface area (TPSA) is 50.7 Å². The molecule has 0 aliphatic heterocycles. The molecule has 18 heavy (non-hydrogen) atoms. The minimum Gasteiger partial charge on any atom is -0.497 e. The van der Waals surface area contributed by atoms with Crippen LogP contribution in [0.25, 0.3) is 0 Å². The van der Waals surface area contributed by atoms with Crippen LogP contribution in [0.4, 0.5) is 0 Å². The fourth-order valence-corrected chi connectivity index (χ4v) is 1.91. The molecule has 0 aliphatic carbocycles. The van der Waals surface area contributed by atoms with Crippen molar-refractivity contribution in [3.8, 4) is 11.5 Å². The highest BCUT2D eigenvalue weighted by Gasteiger charge is 2.18. The number of hydrogen-bond donors (Lipinski definition) is 2. The van der Waals surface area contributed by atoms with Crippen molar-refractivity contribution in [2.75, 3.05) is 14.2 Å². The van der Waals surface area contributed by atoms with E-state index >= 15 is 0 Å². The van der Waals surface area contributed by atoms with Gasteiger partial charge in [0.1, 0.15) is 11.5 Å². The van der Waals surface area contributed by atoms with E-state index in [2.05, 4.69) is 19.2 Å². The average molecular weight is 253 g/mol. The second kappa shape index (κ2) is 6.61. The third-order valence-electron chi connectivity index (χ3n) is 2.79. The van der Waals surface area contributed by atoms with Gasteiger partial charge in [-0.1, -0.05) is 13.8 Å². The van der Waals surface area contributed by atoms with E-state index in [0.29, 0.717) is 17.5 Å². The van der Waals surface area contributed by atoms with Gasteiger partial charge in [0.05, 0.1) is 20.3 Å². The van der Waals surface area contributed by atoms with E-state index in [1.807, 2.05) is 19.1 Å². The Balaban J connectivity index is 2.93. The Labute approximate surface area is 109 Å². The monoisotopic (exact) mass is 253 g/mol. The van der Waals surface area contributed by atoms with Gasteiger partial charge >= 0.3 is 0 Å². The normalized spacial score (nSPS) is 14.4. The minimum absolute atomic E-state index is 0.0400. The Hall–Kier alpha value is -1.26. The van der Waals surface area contributed by atoms with Gasteiger partial charge in [0.2, 0.25) is 0 Å². The van der Waals surface area contributed by atoms with Crippen molar-refractivity contribution < 1.29 is 14.6 Å². The minimum atomic E-state index is -0.601.